The van der Waals surface area contributed by atoms with E-state index in [0.717, 1.165) is 36.7 Å². The van der Waals surface area contributed by atoms with Gasteiger partial charge in [-0.25, -0.2) is 9.97 Å². The van der Waals surface area contributed by atoms with Crippen molar-refractivity contribution in [3.05, 3.63) is 66.9 Å². The Labute approximate surface area is 154 Å². The molecule has 0 saturated carbocycles. The average molecular weight is 345 g/mol. The van der Waals surface area contributed by atoms with E-state index in [1.165, 1.54) is 11.3 Å². The van der Waals surface area contributed by atoms with E-state index in [2.05, 4.69) is 62.9 Å². The molecule has 1 aliphatic heterocycles. The van der Waals surface area contributed by atoms with Gasteiger partial charge in [-0.1, -0.05) is 32.0 Å². The molecule has 0 unspecified atom stereocenters. The molecule has 0 amide bonds. The van der Waals surface area contributed by atoms with Crippen molar-refractivity contribution in [2.75, 3.05) is 16.5 Å². The van der Waals surface area contributed by atoms with Gasteiger partial charge < -0.3 is 9.80 Å². The van der Waals surface area contributed by atoms with Gasteiger partial charge in [0.2, 0.25) is 0 Å². The lowest BCUT2D eigenvalue weighted by atomic mass is 9.92. The van der Waals surface area contributed by atoms with Gasteiger partial charge in [0, 0.05) is 23.8 Å². The van der Waals surface area contributed by atoms with Crippen LogP contribution in [-0.2, 0) is 0 Å². The second-order valence-corrected chi connectivity index (χ2v) is 6.51. The molecule has 0 N–H and O–H groups in total. The molecular weight excluding hydrogens is 322 g/mol. The molecule has 3 aromatic rings. The van der Waals surface area contributed by atoms with Gasteiger partial charge >= 0.3 is 0 Å². The minimum Gasteiger partial charge on any atom is -0.318 e. The molecule has 0 spiro atoms. The van der Waals surface area contributed by atoms with Crippen LogP contribution in [0.5, 0.6) is 0 Å². The predicted octanol–water partition coefficient (Wildman–Crippen LogP) is 5.02. The fourth-order valence-electron chi connectivity index (χ4n) is 3.74. The average Bonchev–Trinajstić information content (AvgIpc) is 3.10. The van der Waals surface area contributed by atoms with Crippen LogP contribution < -0.4 is 9.80 Å². The summed E-state index contributed by atoms with van der Waals surface area (Å²) < 4.78 is 0. The fraction of sp³-hybridized carbons (Fsp3) is 0.286. The number of hydrogen-bond acceptors (Lipinski definition) is 5. The normalized spacial score (nSPS) is 13.3. The van der Waals surface area contributed by atoms with Crippen LogP contribution in [-0.4, -0.2) is 21.6 Å². The van der Waals surface area contributed by atoms with Gasteiger partial charge in [-0.15, -0.1) is 0 Å². The lowest BCUT2D eigenvalue weighted by molar-refractivity contribution is 0.641. The van der Waals surface area contributed by atoms with E-state index in [1.54, 1.807) is 6.33 Å². The summed E-state index contributed by atoms with van der Waals surface area (Å²) in [6, 6.07) is 12.7. The first kappa shape index (κ1) is 16.5. The van der Waals surface area contributed by atoms with E-state index in [0.29, 0.717) is 5.92 Å². The molecule has 0 saturated heterocycles. The highest BCUT2D eigenvalue weighted by atomic mass is 15.4. The van der Waals surface area contributed by atoms with Crippen LogP contribution in [0.2, 0.25) is 0 Å². The zero-order chi connectivity index (χ0) is 17.9. The van der Waals surface area contributed by atoms with Crippen LogP contribution in [0.4, 0.5) is 22.9 Å². The Hall–Kier alpha value is -2.95. The number of hydrogen-bond donors (Lipinski definition) is 0. The summed E-state index contributed by atoms with van der Waals surface area (Å²) in [6.07, 6.45) is 9.42. The molecule has 132 valence electrons. The smallest absolute Gasteiger partial charge is 0.162 e. The Kier molecular flexibility index (Phi) is 4.52. The quantitative estimate of drug-likeness (QED) is 0.649. The second-order valence-electron chi connectivity index (χ2n) is 6.51. The minimum absolute atomic E-state index is 0.548. The van der Waals surface area contributed by atoms with Crippen LogP contribution in [0.15, 0.2) is 61.3 Å². The van der Waals surface area contributed by atoms with Crippen LogP contribution in [0.1, 0.15) is 38.2 Å². The van der Waals surface area contributed by atoms with E-state index in [9.17, 15) is 0 Å². The van der Waals surface area contributed by atoms with Crippen molar-refractivity contribution < 1.29 is 0 Å². The molecule has 2 aromatic heterocycles. The third-order valence-corrected chi connectivity index (χ3v) is 5.13. The molecule has 0 radical (unpaired) electrons. The molecule has 1 aromatic carbocycles. The highest BCUT2D eigenvalue weighted by Gasteiger charge is 2.31. The molecule has 0 fully saturated rings. The molecule has 3 heterocycles. The van der Waals surface area contributed by atoms with Gasteiger partial charge in [0.05, 0.1) is 6.20 Å². The SMILES string of the molecule is CCC(CC)c1ccccc1N1CN(c2ccncc2)c2cncnc21. The van der Waals surface area contributed by atoms with Crippen molar-refractivity contribution in [1.82, 2.24) is 15.0 Å². The van der Waals surface area contributed by atoms with E-state index in [-0.39, 0.29) is 0 Å². The summed E-state index contributed by atoms with van der Waals surface area (Å²) in [6.45, 7) is 5.23. The number of para-hydroxylation sites is 1. The van der Waals surface area contributed by atoms with Gasteiger partial charge in [0.25, 0.3) is 0 Å². The number of nitrogens with zero attached hydrogens (tertiary/aromatic N) is 5. The molecule has 1 aliphatic rings. The topological polar surface area (TPSA) is 45.2 Å². The number of aromatic nitrogens is 3. The van der Waals surface area contributed by atoms with Gasteiger partial charge in [-0.3, -0.25) is 4.98 Å². The number of anilines is 4. The second kappa shape index (κ2) is 7.12. The molecule has 5 heteroatoms. The minimum atomic E-state index is 0.548. The van der Waals surface area contributed by atoms with Crippen molar-refractivity contribution in [2.45, 2.75) is 32.6 Å². The Bertz CT molecular complexity index is 876. The van der Waals surface area contributed by atoms with E-state index >= 15 is 0 Å². The van der Waals surface area contributed by atoms with Crippen LogP contribution >= 0.6 is 0 Å². The maximum atomic E-state index is 4.60. The summed E-state index contributed by atoms with van der Waals surface area (Å²) in [5.41, 5.74) is 4.74. The van der Waals surface area contributed by atoms with E-state index in [1.807, 2.05) is 30.7 Å². The number of rotatable bonds is 5. The van der Waals surface area contributed by atoms with Gasteiger partial charge in [0.15, 0.2) is 5.82 Å². The maximum Gasteiger partial charge on any atom is 0.162 e. The molecule has 26 heavy (non-hydrogen) atoms. The standard InChI is InChI=1S/C21H23N5/c1-3-16(4-2)18-7-5-6-8-19(18)26-15-25(17-9-11-22-12-10-17)20-13-23-14-24-21(20)26/h5-14,16H,3-4,15H2,1-2H3. The lowest BCUT2D eigenvalue weighted by Gasteiger charge is -2.26. The zero-order valence-corrected chi connectivity index (χ0v) is 15.2. The van der Waals surface area contributed by atoms with Crippen molar-refractivity contribution in [3.8, 4) is 0 Å². The summed E-state index contributed by atoms with van der Waals surface area (Å²) >= 11 is 0. The molecule has 4 rings (SSSR count). The van der Waals surface area contributed by atoms with Crippen LogP contribution in [0.25, 0.3) is 0 Å². The molecule has 0 bridgehead atoms. The van der Waals surface area contributed by atoms with Gasteiger partial charge in [-0.05, 0) is 42.5 Å². The Morgan fingerprint density at radius 1 is 0.923 bits per heavy atom. The summed E-state index contributed by atoms with van der Waals surface area (Å²) in [7, 11) is 0. The Balaban J connectivity index is 1.80. The van der Waals surface area contributed by atoms with E-state index < -0.39 is 0 Å². The fourth-order valence-corrected chi connectivity index (χ4v) is 3.74. The zero-order valence-electron chi connectivity index (χ0n) is 15.2. The third-order valence-electron chi connectivity index (χ3n) is 5.13. The highest BCUT2D eigenvalue weighted by Crippen LogP contribution is 2.44. The molecule has 0 aliphatic carbocycles. The first-order chi connectivity index (χ1) is 12.8. The summed E-state index contributed by atoms with van der Waals surface area (Å²) in [5.74, 6) is 1.50. The number of fused-ring (bicyclic) bond motifs is 1. The lowest BCUT2D eigenvalue weighted by Crippen LogP contribution is -2.25. The van der Waals surface area contributed by atoms with Gasteiger partial charge in [0.1, 0.15) is 18.7 Å². The molecular formula is C21H23N5. The monoisotopic (exact) mass is 345 g/mol. The first-order valence-electron chi connectivity index (χ1n) is 9.17. The number of pyridine rings is 1. The van der Waals surface area contributed by atoms with Crippen molar-refractivity contribution in [3.63, 3.8) is 0 Å². The van der Waals surface area contributed by atoms with Gasteiger partial charge in [-0.2, -0.15) is 0 Å². The van der Waals surface area contributed by atoms with E-state index in [4.69, 9.17) is 0 Å². The van der Waals surface area contributed by atoms with Crippen molar-refractivity contribution >= 4 is 22.9 Å². The third kappa shape index (κ3) is 2.79. The first-order valence-corrected chi connectivity index (χ1v) is 9.17. The van der Waals surface area contributed by atoms with Crippen LogP contribution in [0.3, 0.4) is 0 Å². The molecule has 0 atom stereocenters. The number of benzene rings is 1. The maximum absolute atomic E-state index is 4.60. The Morgan fingerprint density at radius 3 is 2.46 bits per heavy atom. The summed E-state index contributed by atoms with van der Waals surface area (Å²) in [5, 5.41) is 0. The Morgan fingerprint density at radius 2 is 1.69 bits per heavy atom. The highest BCUT2D eigenvalue weighted by molar-refractivity contribution is 5.84. The van der Waals surface area contributed by atoms with Crippen molar-refractivity contribution in [1.29, 1.82) is 0 Å². The molecule has 5 nitrogen and oxygen atoms in total. The largest absolute Gasteiger partial charge is 0.318 e. The van der Waals surface area contributed by atoms with Crippen molar-refractivity contribution in [2.24, 2.45) is 0 Å². The summed E-state index contributed by atoms with van der Waals surface area (Å²) in [4.78, 5) is 17.5. The van der Waals surface area contributed by atoms with Crippen LogP contribution in [0, 0.1) is 0 Å². The predicted molar refractivity (Wildman–Crippen MR) is 105 cm³/mol.